The molecular weight excluding hydrogens is 288 g/mol. The molecule has 3 nitrogen and oxygen atoms in total. The third-order valence-corrected chi connectivity index (χ3v) is 4.79. The largest absolute Gasteiger partial charge is 0.504 e. The molecule has 2 aliphatic rings. The van der Waals surface area contributed by atoms with E-state index in [1.54, 1.807) is 0 Å². The fourth-order valence-electron chi connectivity index (χ4n) is 3.50. The summed E-state index contributed by atoms with van der Waals surface area (Å²) in [5, 5.41) is 10.4. The molecule has 1 N–H and O–H groups in total. The van der Waals surface area contributed by atoms with E-state index < -0.39 is 0 Å². The molecule has 2 rings (SSSR count). The van der Waals surface area contributed by atoms with Gasteiger partial charge in [0.25, 0.3) is 0 Å². The van der Waals surface area contributed by atoms with E-state index in [-0.39, 0.29) is 34.7 Å². The van der Waals surface area contributed by atoms with Crippen LogP contribution in [0.1, 0.15) is 52.9 Å². The van der Waals surface area contributed by atoms with Gasteiger partial charge >= 0.3 is 0 Å². The Morgan fingerprint density at radius 2 is 2.04 bits per heavy atom. The molecule has 0 fully saturated rings. The number of hydrogen-bond acceptors (Lipinski definition) is 3. The molecule has 0 bridgehead atoms. The van der Waals surface area contributed by atoms with Gasteiger partial charge in [-0.25, -0.2) is 0 Å². The Balaban J connectivity index is 2.28. The standard InChI is InChI=1S/C20H26O3/c1-5-6-7-8-14-11-17(21)18(20(23)19(14)22)16-10-13(4)9-15(16)12(2)3/h10-11,15-16,23H,2,5-9H2,1,3-4H3/t15-,16+/m0/s1. The average Bonchev–Trinajstić information content (AvgIpc) is 2.86. The lowest BCUT2D eigenvalue weighted by Gasteiger charge is -2.24. The smallest absolute Gasteiger partial charge is 0.223 e. The Kier molecular flexibility index (Phi) is 5.40. The van der Waals surface area contributed by atoms with Gasteiger partial charge in [0.1, 0.15) is 0 Å². The van der Waals surface area contributed by atoms with Crippen molar-refractivity contribution in [3.05, 3.63) is 46.8 Å². The van der Waals surface area contributed by atoms with Crippen molar-refractivity contribution in [2.45, 2.75) is 52.9 Å². The van der Waals surface area contributed by atoms with Gasteiger partial charge < -0.3 is 5.11 Å². The highest BCUT2D eigenvalue weighted by molar-refractivity contribution is 6.22. The maximum atomic E-state index is 12.5. The number of carbonyl (C=O) groups is 2. The number of unbranched alkanes of at least 4 members (excludes halogenated alkanes) is 2. The highest BCUT2D eigenvalue weighted by Gasteiger charge is 2.38. The lowest BCUT2D eigenvalue weighted by molar-refractivity contribution is -0.118. The van der Waals surface area contributed by atoms with Crippen molar-refractivity contribution in [1.82, 2.24) is 0 Å². The molecular formula is C20H26O3. The summed E-state index contributed by atoms with van der Waals surface area (Å²) in [6.07, 6.45) is 7.73. The van der Waals surface area contributed by atoms with Gasteiger partial charge in [-0.1, -0.05) is 43.6 Å². The number of hydrogen-bond donors (Lipinski definition) is 1. The number of ketones is 2. The van der Waals surface area contributed by atoms with Crippen LogP contribution in [0.5, 0.6) is 0 Å². The predicted molar refractivity (Wildman–Crippen MR) is 92.1 cm³/mol. The van der Waals surface area contributed by atoms with Gasteiger partial charge in [0, 0.05) is 11.5 Å². The van der Waals surface area contributed by atoms with Crippen LogP contribution in [0.4, 0.5) is 0 Å². The van der Waals surface area contributed by atoms with Crippen molar-refractivity contribution in [3.8, 4) is 0 Å². The van der Waals surface area contributed by atoms with Crippen LogP contribution in [-0.2, 0) is 9.59 Å². The summed E-state index contributed by atoms with van der Waals surface area (Å²) in [7, 11) is 0. The van der Waals surface area contributed by atoms with Crippen LogP contribution in [0, 0.1) is 11.8 Å². The van der Waals surface area contributed by atoms with E-state index in [2.05, 4.69) is 13.5 Å². The van der Waals surface area contributed by atoms with Gasteiger partial charge in [0.05, 0.1) is 5.57 Å². The number of carbonyl (C=O) groups excluding carboxylic acids is 2. The molecule has 0 saturated carbocycles. The minimum atomic E-state index is -0.380. The lowest BCUT2D eigenvalue weighted by atomic mass is 9.78. The minimum absolute atomic E-state index is 0.0824. The Morgan fingerprint density at radius 3 is 2.65 bits per heavy atom. The second-order valence-corrected chi connectivity index (χ2v) is 6.78. The van der Waals surface area contributed by atoms with Crippen molar-refractivity contribution < 1.29 is 14.7 Å². The van der Waals surface area contributed by atoms with E-state index in [4.69, 9.17) is 0 Å². The van der Waals surface area contributed by atoms with E-state index in [0.29, 0.717) is 12.0 Å². The summed E-state index contributed by atoms with van der Waals surface area (Å²) in [5.74, 6) is -1.12. The molecule has 124 valence electrons. The van der Waals surface area contributed by atoms with Crippen LogP contribution in [0.15, 0.2) is 46.8 Å². The number of allylic oxidation sites excluding steroid dienone is 6. The van der Waals surface area contributed by atoms with E-state index in [1.165, 1.54) is 11.6 Å². The first-order valence-electron chi connectivity index (χ1n) is 8.42. The Hall–Kier alpha value is -1.90. The molecule has 23 heavy (non-hydrogen) atoms. The molecule has 3 heteroatoms. The van der Waals surface area contributed by atoms with E-state index in [1.807, 2.05) is 19.9 Å². The normalized spacial score (nSPS) is 24.8. The Morgan fingerprint density at radius 1 is 1.35 bits per heavy atom. The van der Waals surface area contributed by atoms with Gasteiger partial charge in [-0.15, -0.1) is 0 Å². The predicted octanol–water partition coefficient (Wildman–Crippen LogP) is 4.62. The molecule has 0 heterocycles. The number of Topliss-reactive ketones (excluding diaryl/α,β-unsaturated/α-hetero) is 1. The molecule has 2 atom stereocenters. The summed E-state index contributed by atoms with van der Waals surface area (Å²) in [5.41, 5.74) is 2.83. The first kappa shape index (κ1) is 17.5. The third kappa shape index (κ3) is 3.54. The van der Waals surface area contributed by atoms with E-state index in [0.717, 1.165) is 31.3 Å². The van der Waals surface area contributed by atoms with Gasteiger partial charge in [0.2, 0.25) is 5.78 Å². The van der Waals surface area contributed by atoms with Crippen molar-refractivity contribution in [3.63, 3.8) is 0 Å². The molecule has 0 radical (unpaired) electrons. The number of aliphatic hydroxyl groups is 1. The van der Waals surface area contributed by atoms with Crippen LogP contribution in [0.2, 0.25) is 0 Å². The summed E-state index contributed by atoms with van der Waals surface area (Å²) in [6.45, 7) is 10.0. The molecule has 2 aliphatic carbocycles. The van der Waals surface area contributed by atoms with Gasteiger partial charge in [0.15, 0.2) is 11.5 Å². The van der Waals surface area contributed by atoms with Gasteiger partial charge in [-0.3, -0.25) is 9.59 Å². The summed E-state index contributed by atoms with van der Waals surface area (Å²) in [6, 6.07) is 0. The molecule has 0 unspecified atom stereocenters. The van der Waals surface area contributed by atoms with Crippen molar-refractivity contribution in [1.29, 1.82) is 0 Å². The Bertz CT molecular complexity index is 631. The van der Waals surface area contributed by atoms with E-state index in [9.17, 15) is 14.7 Å². The highest BCUT2D eigenvalue weighted by atomic mass is 16.3. The average molecular weight is 314 g/mol. The van der Waals surface area contributed by atoms with Crippen LogP contribution in [0.3, 0.4) is 0 Å². The minimum Gasteiger partial charge on any atom is -0.504 e. The lowest BCUT2D eigenvalue weighted by Crippen LogP contribution is -2.26. The second kappa shape index (κ2) is 7.12. The first-order chi connectivity index (χ1) is 10.9. The fraction of sp³-hybridized carbons (Fsp3) is 0.500. The van der Waals surface area contributed by atoms with Crippen LogP contribution < -0.4 is 0 Å². The molecule has 0 aromatic rings. The zero-order valence-corrected chi connectivity index (χ0v) is 14.3. The van der Waals surface area contributed by atoms with Crippen LogP contribution in [0.25, 0.3) is 0 Å². The number of rotatable bonds is 6. The first-order valence-corrected chi connectivity index (χ1v) is 8.42. The summed E-state index contributed by atoms with van der Waals surface area (Å²) >= 11 is 0. The molecule has 0 saturated heterocycles. The van der Waals surface area contributed by atoms with Gasteiger partial charge in [-0.2, -0.15) is 0 Å². The highest BCUT2D eigenvalue weighted by Crippen LogP contribution is 2.41. The zero-order chi connectivity index (χ0) is 17.1. The third-order valence-electron chi connectivity index (χ3n) is 4.79. The van der Waals surface area contributed by atoms with Crippen LogP contribution in [-0.4, -0.2) is 16.7 Å². The maximum Gasteiger partial charge on any atom is 0.223 e. The molecule has 0 spiro atoms. The van der Waals surface area contributed by atoms with E-state index >= 15 is 0 Å². The van der Waals surface area contributed by atoms with Crippen molar-refractivity contribution in [2.24, 2.45) is 11.8 Å². The molecule has 0 amide bonds. The summed E-state index contributed by atoms with van der Waals surface area (Å²) in [4.78, 5) is 25.0. The second-order valence-electron chi connectivity index (χ2n) is 6.78. The zero-order valence-electron chi connectivity index (χ0n) is 14.3. The number of aliphatic hydroxyl groups excluding tert-OH is 1. The van der Waals surface area contributed by atoms with Crippen molar-refractivity contribution >= 4 is 11.6 Å². The molecule has 0 aromatic heterocycles. The quantitative estimate of drug-likeness (QED) is 0.442. The Labute approximate surface area is 138 Å². The summed E-state index contributed by atoms with van der Waals surface area (Å²) < 4.78 is 0. The topological polar surface area (TPSA) is 54.4 Å². The van der Waals surface area contributed by atoms with Crippen LogP contribution >= 0.6 is 0 Å². The van der Waals surface area contributed by atoms with Gasteiger partial charge in [-0.05, 0) is 45.1 Å². The molecule has 0 aliphatic heterocycles. The molecule has 0 aromatic carbocycles. The van der Waals surface area contributed by atoms with Crippen molar-refractivity contribution in [2.75, 3.05) is 0 Å². The maximum absolute atomic E-state index is 12.5. The fourth-order valence-corrected chi connectivity index (χ4v) is 3.50. The monoisotopic (exact) mass is 314 g/mol. The SMILES string of the molecule is C=C(C)[C@@H]1CC(C)=C[C@H]1C1=C(O)C(=O)C(CCCCC)=CC1=O.